The first kappa shape index (κ1) is 20.9. The fraction of sp³-hybridized carbons (Fsp3) is 0.208. The Balaban J connectivity index is 1.77. The lowest BCUT2D eigenvalue weighted by atomic mass is 9.74. The number of Topliss-reactive ketones (excluding diaryl/α,β-unsaturated/α-hetero) is 1. The molecule has 1 aliphatic carbocycles. The van der Waals surface area contributed by atoms with E-state index in [9.17, 15) is 26.7 Å². The summed E-state index contributed by atoms with van der Waals surface area (Å²) in [5, 5.41) is 10.8. The molecule has 32 heavy (non-hydrogen) atoms. The van der Waals surface area contributed by atoms with Crippen LogP contribution < -0.4 is 0 Å². The van der Waals surface area contributed by atoms with Crippen molar-refractivity contribution in [3.8, 4) is 0 Å². The van der Waals surface area contributed by atoms with Crippen molar-refractivity contribution in [1.29, 1.82) is 0 Å². The molecule has 0 saturated carbocycles. The van der Waals surface area contributed by atoms with Crippen molar-refractivity contribution in [3.05, 3.63) is 86.7 Å². The molecule has 2 aromatic carbocycles. The zero-order valence-corrected chi connectivity index (χ0v) is 19.0. The van der Waals surface area contributed by atoms with Gasteiger partial charge in [-0.3, -0.25) is 4.79 Å². The van der Waals surface area contributed by atoms with Gasteiger partial charge in [0, 0.05) is 11.1 Å². The minimum atomic E-state index is -4.03. The maximum absolute atomic E-state index is 13.2. The van der Waals surface area contributed by atoms with Crippen molar-refractivity contribution in [2.75, 3.05) is 0 Å². The van der Waals surface area contributed by atoms with Gasteiger partial charge in [-0.05, 0) is 53.7 Å². The van der Waals surface area contributed by atoms with Gasteiger partial charge in [0.05, 0.1) is 9.79 Å². The SMILES string of the molecule is CC1(C)CC(C2=C(O)c3ccccc3S2(=O)=O)=C/C(=C2/C(=O)c3ccccc3S2(=O)=O)C1. The van der Waals surface area contributed by atoms with Gasteiger partial charge in [-0.2, -0.15) is 0 Å². The van der Waals surface area contributed by atoms with Gasteiger partial charge in [-0.25, -0.2) is 16.8 Å². The van der Waals surface area contributed by atoms with Gasteiger partial charge in [0.25, 0.3) is 0 Å². The number of aliphatic hydroxyl groups is 1. The summed E-state index contributed by atoms with van der Waals surface area (Å²) in [7, 11) is -8.01. The van der Waals surface area contributed by atoms with Gasteiger partial charge in [0.1, 0.15) is 15.6 Å². The third-order valence-electron chi connectivity index (χ3n) is 6.08. The molecule has 8 heteroatoms. The van der Waals surface area contributed by atoms with E-state index in [-0.39, 0.29) is 48.5 Å². The number of rotatable bonds is 1. The largest absolute Gasteiger partial charge is 0.506 e. The number of hydrogen-bond acceptors (Lipinski definition) is 6. The maximum Gasteiger partial charge on any atom is 0.211 e. The molecule has 2 heterocycles. The van der Waals surface area contributed by atoms with Crippen molar-refractivity contribution in [3.63, 3.8) is 0 Å². The summed E-state index contributed by atoms with van der Waals surface area (Å²) in [6, 6.07) is 12.2. The van der Waals surface area contributed by atoms with Gasteiger partial charge in [0.15, 0.2) is 0 Å². The molecule has 0 saturated heterocycles. The van der Waals surface area contributed by atoms with Crippen molar-refractivity contribution in [2.45, 2.75) is 36.5 Å². The molecule has 6 nitrogen and oxygen atoms in total. The van der Waals surface area contributed by atoms with Crippen LogP contribution >= 0.6 is 0 Å². The molecule has 0 amide bonds. The Bertz CT molecular complexity index is 1530. The average molecular weight is 469 g/mol. The van der Waals surface area contributed by atoms with Crippen molar-refractivity contribution in [1.82, 2.24) is 0 Å². The second-order valence-corrected chi connectivity index (χ2v) is 12.8. The van der Waals surface area contributed by atoms with E-state index >= 15 is 0 Å². The summed E-state index contributed by atoms with van der Waals surface area (Å²) in [6.45, 7) is 3.76. The number of ketones is 1. The van der Waals surface area contributed by atoms with Crippen LogP contribution in [0.15, 0.2) is 85.4 Å². The maximum atomic E-state index is 13.2. The summed E-state index contributed by atoms with van der Waals surface area (Å²) in [6.07, 6.45) is 2.06. The molecule has 0 spiro atoms. The van der Waals surface area contributed by atoms with Crippen LogP contribution in [0.3, 0.4) is 0 Å². The first-order valence-electron chi connectivity index (χ1n) is 10.1. The van der Waals surface area contributed by atoms with Crippen LogP contribution in [0.5, 0.6) is 0 Å². The number of hydrogen-bond donors (Lipinski definition) is 1. The third-order valence-corrected chi connectivity index (χ3v) is 9.93. The number of carbonyl (C=O) groups is 1. The summed E-state index contributed by atoms with van der Waals surface area (Å²) in [5.41, 5.74) is 0.378. The highest BCUT2D eigenvalue weighted by atomic mass is 32.2. The number of carbonyl (C=O) groups excluding carboxylic acids is 1. The number of fused-ring (bicyclic) bond motifs is 2. The molecule has 164 valence electrons. The van der Waals surface area contributed by atoms with E-state index in [1.54, 1.807) is 24.3 Å². The van der Waals surface area contributed by atoms with Gasteiger partial charge < -0.3 is 5.11 Å². The molecule has 2 aliphatic heterocycles. The fourth-order valence-electron chi connectivity index (χ4n) is 4.84. The molecular weight excluding hydrogens is 448 g/mol. The molecule has 2 aromatic rings. The zero-order chi connectivity index (χ0) is 23.1. The Kier molecular flexibility index (Phi) is 4.26. The predicted molar refractivity (Wildman–Crippen MR) is 119 cm³/mol. The van der Waals surface area contributed by atoms with Gasteiger partial charge in [-0.15, -0.1) is 0 Å². The van der Waals surface area contributed by atoms with Gasteiger partial charge >= 0.3 is 0 Å². The van der Waals surface area contributed by atoms with E-state index in [0.29, 0.717) is 12.0 Å². The van der Waals surface area contributed by atoms with Crippen LogP contribution in [-0.2, 0) is 19.7 Å². The lowest BCUT2D eigenvalue weighted by Crippen LogP contribution is -2.22. The average Bonchev–Trinajstić information content (AvgIpc) is 3.05. The minimum Gasteiger partial charge on any atom is -0.506 e. The summed E-state index contributed by atoms with van der Waals surface area (Å²) in [4.78, 5) is 12.5. The standard InChI is InChI=1S/C24H20O6S2/c1-24(2)12-14(22-20(25)16-7-3-5-9-18(16)31(22,27)28)11-15(13-24)23-21(26)17-8-4-6-10-19(17)32(23,29)30/h3-11,25H,12-13H2,1-2H3/b23-15+. The molecule has 5 rings (SSSR count). The van der Waals surface area contributed by atoms with Crippen molar-refractivity contribution < 1.29 is 26.7 Å². The normalized spacial score (nSPS) is 24.8. The fourth-order valence-corrected chi connectivity index (χ4v) is 8.37. The molecule has 3 aliphatic rings. The number of allylic oxidation sites excluding steroid dienone is 4. The Hall–Kier alpha value is -2.97. The van der Waals surface area contributed by atoms with E-state index in [4.69, 9.17) is 0 Å². The van der Waals surface area contributed by atoms with Crippen LogP contribution in [0, 0.1) is 5.41 Å². The Morgan fingerprint density at radius 2 is 1.31 bits per heavy atom. The summed E-state index contributed by atoms with van der Waals surface area (Å²) >= 11 is 0. The van der Waals surface area contributed by atoms with Crippen molar-refractivity contribution in [2.24, 2.45) is 5.41 Å². The molecule has 0 atom stereocenters. The molecular formula is C24H20O6S2. The second-order valence-electron chi connectivity index (χ2n) is 9.05. The van der Waals surface area contributed by atoms with Crippen LogP contribution in [0.2, 0.25) is 0 Å². The smallest absolute Gasteiger partial charge is 0.211 e. The third kappa shape index (κ3) is 2.79. The number of benzene rings is 2. The predicted octanol–water partition coefficient (Wildman–Crippen LogP) is 4.37. The number of sulfone groups is 2. The molecule has 0 aromatic heterocycles. The monoisotopic (exact) mass is 468 g/mol. The number of aliphatic hydroxyl groups excluding tert-OH is 1. The van der Waals surface area contributed by atoms with E-state index in [1.807, 2.05) is 13.8 Å². The zero-order valence-electron chi connectivity index (χ0n) is 17.4. The topological polar surface area (TPSA) is 106 Å². The molecule has 0 unspecified atom stereocenters. The first-order chi connectivity index (χ1) is 14.9. The molecule has 0 radical (unpaired) electrons. The highest BCUT2D eigenvalue weighted by Crippen LogP contribution is 2.50. The van der Waals surface area contributed by atoms with E-state index in [0.717, 1.165) is 0 Å². The second kappa shape index (κ2) is 6.52. The highest BCUT2D eigenvalue weighted by molar-refractivity contribution is 7.97. The Morgan fingerprint density at radius 1 is 0.781 bits per heavy atom. The summed E-state index contributed by atoms with van der Waals surface area (Å²) in [5.74, 6) is -0.933. The lowest BCUT2D eigenvalue weighted by molar-refractivity contribution is 0.104. The Labute approximate surface area is 186 Å². The molecule has 0 bridgehead atoms. The summed E-state index contributed by atoms with van der Waals surface area (Å²) < 4.78 is 52.9. The van der Waals surface area contributed by atoms with Crippen molar-refractivity contribution >= 4 is 31.2 Å². The minimum absolute atomic E-state index is 0.0166. The van der Waals surface area contributed by atoms with E-state index < -0.39 is 30.9 Å². The highest BCUT2D eigenvalue weighted by Gasteiger charge is 2.45. The van der Waals surface area contributed by atoms with Crippen LogP contribution in [0.4, 0.5) is 0 Å². The van der Waals surface area contributed by atoms with E-state index in [2.05, 4.69) is 0 Å². The van der Waals surface area contributed by atoms with Gasteiger partial charge in [-0.1, -0.05) is 44.2 Å². The van der Waals surface area contributed by atoms with E-state index in [1.165, 1.54) is 30.3 Å². The van der Waals surface area contributed by atoms with Gasteiger partial charge in [0.2, 0.25) is 25.5 Å². The quantitative estimate of drug-likeness (QED) is 0.623. The first-order valence-corrected chi connectivity index (χ1v) is 13.0. The lowest BCUT2D eigenvalue weighted by Gasteiger charge is -2.32. The van der Waals surface area contributed by atoms with Crippen LogP contribution in [-0.4, -0.2) is 27.7 Å². The van der Waals surface area contributed by atoms with Crippen LogP contribution in [0.1, 0.15) is 42.6 Å². The molecule has 1 N–H and O–H groups in total. The Morgan fingerprint density at radius 3 is 1.91 bits per heavy atom. The van der Waals surface area contributed by atoms with Crippen LogP contribution in [0.25, 0.3) is 5.76 Å². The molecule has 0 fully saturated rings.